The van der Waals surface area contributed by atoms with Crippen LogP contribution in [0.5, 0.6) is 0 Å². The Balaban J connectivity index is 3.53. The van der Waals surface area contributed by atoms with Crippen LogP contribution in [0.25, 0.3) is 0 Å². The third kappa shape index (κ3) is 6.09. The molecule has 0 bridgehead atoms. The molecule has 0 aliphatic heterocycles. The van der Waals surface area contributed by atoms with Gasteiger partial charge in [0.05, 0.1) is 0 Å². The molecule has 0 heterocycles. The second kappa shape index (κ2) is 7.37. The number of rotatable bonds is 7. The molecule has 0 rings (SSSR count). The highest BCUT2D eigenvalue weighted by atomic mass is 14.9. The first-order valence-electron chi connectivity index (χ1n) is 5.82. The Morgan fingerprint density at radius 2 is 1.46 bits per heavy atom. The van der Waals surface area contributed by atoms with Crippen molar-refractivity contribution in [2.24, 2.45) is 17.8 Å². The van der Waals surface area contributed by atoms with Crippen molar-refractivity contribution >= 4 is 0 Å². The van der Waals surface area contributed by atoms with Gasteiger partial charge in [-0.2, -0.15) is 0 Å². The molecule has 80 valence electrons. The van der Waals surface area contributed by atoms with Crippen molar-refractivity contribution in [1.29, 1.82) is 0 Å². The lowest BCUT2D eigenvalue weighted by molar-refractivity contribution is 0.318. The summed E-state index contributed by atoms with van der Waals surface area (Å²) in [6.07, 6.45) is 2.64. The summed E-state index contributed by atoms with van der Waals surface area (Å²) >= 11 is 0. The van der Waals surface area contributed by atoms with Gasteiger partial charge >= 0.3 is 0 Å². The van der Waals surface area contributed by atoms with Gasteiger partial charge in [-0.1, -0.05) is 47.5 Å². The maximum Gasteiger partial charge on any atom is -0.00204 e. The van der Waals surface area contributed by atoms with Crippen molar-refractivity contribution < 1.29 is 0 Å². The van der Waals surface area contributed by atoms with Gasteiger partial charge in [0.2, 0.25) is 0 Å². The molecule has 0 aromatic rings. The van der Waals surface area contributed by atoms with E-state index >= 15 is 0 Å². The van der Waals surface area contributed by atoms with E-state index in [9.17, 15) is 0 Å². The summed E-state index contributed by atoms with van der Waals surface area (Å²) in [4.78, 5) is 0. The second-order valence-electron chi connectivity index (χ2n) is 4.61. The molecule has 1 unspecified atom stereocenters. The van der Waals surface area contributed by atoms with Gasteiger partial charge in [-0.3, -0.25) is 0 Å². The molecule has 0 aliphatic rings. The highest BCUT2D eigenvalue weighted by Gasteiger charge is 2.12. The monoisotopic (exact) mass is 185 g/mol. The maximum atomic E-state index is 3.53. The molecule has 1 N–H and O–H groups in total. The topological polar surface area (TPSA) is 12.0 Å². The van der Waals surface area contributed by atoms with E-state index in [-0.39, 0.29) is 0 Å². The summed E-state index contributed by atoms with van der Waals surface area (Å²) in [7, 11) is 0. The Morgan fingerprint density at radius 3 is 1.85 bits per heavy atom. The van der Waals surface area contributed by atoms with Gasteiger partial charge in [-0.25, -0.2) is 0 Å². The van der Waals surface area contributed by atoms with E-state index in [2.05, 4.69) is 39.9 Å². The van der Waals surface area contributed by atoms with Crippen LogP contribution in [0.2, 0.25) is 0 Å². The Labute approximate surface area is 84.3 Å². The van der Waals surface area contributed by atoms with Gasteiger partial charge in [0.25, 0.3) is 0 Å². The summed E-state index contributed by atoms with van der Waals surface area (Å²) in [5.41, 5.74) is 0. The average Bonchev–Trinajstić information content (AvgIpc) is 2.05. The Hall–Kier alpha value is -0.0400. The third-order valence-corrected chi connectivity index (χ3v) is 2.87. The van der Waals surface area contributed by atoms with Crippen LogP contribution in [0, 0.1) is 17.8 Å². The summed E-state index contributed by atoms with van der Waals surface area (Å²) in [5, 5.41) is 3.53. The normalized spacial score (nSPS) is 14.1. The molecule has 0 aliphatic carbocycles. The van der Waals surface area contributed by atoms with E-state index < -0.39 is 0 Å². The molecule has 0 aromatic heterocycles. The van der Waals surface area contributed by atoms with Crippen LogP contribution >= 0.6 is 0 Å². The lowest BCUT2D eigenvalue weighted by Gasteiger charge is -2.22. The molecule has 0 spiro atoms. The standard InChI is InChI=1S/C12H27N/c1-6-12(7-2)11(5)9-13-8-10(3)4/h10-13H,6-9H2,1-5H3. The van der Waals surface area contributed by atoms with Crippen molar-refractivity contribution in [3.05, 3.63) is 0 Å². The van der Waals surface area contributed by atoms with Crippen molar-refractivity contribution in [3.63, 3.8) is 0 Å². The zero-order valence-corrected chi connectivity index (χ0v) is 10.1. The first-order valence-corrected chi connectivity index (χ1v) is 5.82. The van der Waals surface area contributed by atoms with Crippen LogP contribution in [0.4, 0.5) is 0 Å². The highest BCUT2D eigenvalue weighted by Crippen LogP contribution is 2.18. The minimum absolute atomic E-state index is 0.772. The Kier molecular flexibility index (Phi) is 7.35. The molecule has 1 heteroatoms. The molecule has 0 radical (unpaired) electrons. The van der Waals surface area contributed by atoms with Gasteiger partial charge in [0.15, 0.2) is 0 Å². The van der Waals surface area contributed by atoms with Crippen LogP contribution in [0.15, 0.2) is 0 Å². The second-order valence-corrected chi connectivity index (χ2v) is 4.61. The average molecular weight is 185 g/mol. The maximum absolute atomic E-state index is 3.53. The van der Waals surface area contributed by atoms with Crippen LogP contribution < -0.4 is 5.32 Å². The summed E-state index contributed by atoms with van der Waals surface area (Å²) in [6.45, 7) is 13.8. The fraction of sp³-hybridized carbons (Fsp3) is 1.00. The molecule has 1 nitrogen and oxygen atoms in total. The van der Waals surface area contributed by atoms with E-state index in [1.165, 1.54) is 19.4 Å². The van der Waals surface area contributed by atoms with Gasteiger partial charge < -0.3 is 5.32 Å². The largest absolute Gasteiger partial charge is 0.316 e. The first-order chi connectivity index (χ1) is 6.11. The van der Waals surface area contributed by atoms with Crippen LogP contribution in [0.1, 0.15) is 47.5 Å². The molecular weight excluding hydrogens is 158 g/mol. The SMILES string of the molecule is CCC(CC)C(C)CNCC(C)C. The first kappa shape index (κ1) is 13.0. The smallest absolute Gasteiger partial charge is 0.00204 e. The molecule has 0 saturated heterocycles. The molecule has 0 saturated carbocycles. The van der Waals surface area contributed by atoms with Gasteiger partial charge in [0.1, 0.15) is 0 Å². The predicted octanol–water partition coefficient (Wildman–Crippen LogP) is 3.30. The zero-order chi connectivity index (χ0) is 10.3. The molecular formula is C12H27N. The summed E-state index contributed by atoms with van der Waals surface area (Å²) in [6, 6.07) is 0. The van der Waals surface area contributed by atoms with Crippen molar-refractivity contribution in [1.82, 2.24) is 5.32 Å². The molecule has 0 fully saturated rings. The Bertz CT molecular complexity index is 106. The van der Waals surface area contributed by atoms with Crippen molar-refractivity contribution in [2.45, 2.75) is 47.5 Å². The predicted molar refractivity (Wildman–Crippen MR) is 60.9 cm³/mol. The number of hydrogen-bond donors (Lipinski definition) is 1. The fourth-order valence-corrected chi connectivity index (χ4v) is 1.86. The van der Waals surface area contributed by atoms with Crippen molar-refractivity contribution in [2.75, 3.05) is 13.1 Å². The number of hydrogen-bond acceptors (Lipinski definition) is 1. The minimum atomic E-state index is 0.772. The zero-order valence-electron chi connectivity index (χ0n) is 10.1. The van der Waals surface area contributed by atoms with Crippen LogP contribution in [-0.4, -0.2) is 13.1 Å². The molecule has 1 atom stereocenters. The van der Waals surface area contributed by atoms with E-state index in [1.807, 2.05) is 0 Å². The number of nitrogens with one attached hydrogen (secondary N) is 1. The Morgan fingerprint density at radius 1 is 0.923 bits per heavy atom. The summed E-state index contributed by atoms with van der Waals surface area (Å²) in [5.74, 6) is 2.50. The quantitative estimate of drug-likeness (QED) is 0.641. The van der Waals surface area contributed by atoms with Crippen molar-refractivity contribution in [3.8, 4) is 0 Å². The lowest BCUT2D eigenvalue weighted by atomic mass is 9.89. The van der Waals surface area contributed by atoms with E-state index in [1.54, 1.807) is 0 Å². The van der Waals surface area contributed by atoms with Gasteiger partial charge in [-0.05, 0) is 30.8 Å². The molecule has 13 heavy (non-hydrogen) atoms. The lowest BCUT2D eigenvalue weighted by Crippen LogP contribution is -2.28. The highest BCUT2D eigenvalue weighted by molar-refractivity contribution is 4.66. The van der Waals surface area contributed by atoms with E-state index in [4.69, 9.17) is 0 Å². The van der Waals surface area contributed by atoms with Crippen LogP contribution in [-0.2, 0) is 0 Å². The van der Waals surface area contributed by atoms with Crippen LogP contribution in [0.3, 0.4) is 0 Å². The van der Waals surface area contributed by atoms with E-state index in [0.29, 0.717) is 0 Å². The van der Waals surface area contributed by atoms with Gasteiger partial charge in [0, 0.05) is 0 Å². The third-order valence-electron chi connectivity index (χ3n) is 2.87. The van der Waals surface area contributed by atoms with Gasteiger partial charge in [-0.15, -0.1) is 0 Å². The minimum Gasteiger partial charge on any atom is -0.316 e. The summed E-state index contributed by atoms with van der Waals surface area (Å²) < 4.78 is 0. The fourth-order valence-electron chi connectivity index (χ4n) is 1.86. The molecule has 0 aromatic carbocycles. The van der Waals surface area contributed by atoms with E-state index in [0.717, 1.165) is 24.3 Å². The molecule has 0 amide bonds.